The molecular weight excluding hydrogens is 1100 g/mol. The van der Waals surface area contributed by atoms with Crippen LogP contribution >= 0.6 is 0 Å². The van der Waals surface area contributed by atoms with Gasteiger partial charge in [-0.2, -0.15) is 21.0 Å². The van der Waals surface area contributed by atoms with E-state index in [9.17, 15) is 21.0 Å². The number of nitrogens with zero attached hydrogens (tertiary/aromatic N) is 12. The van der Waals surface area contributed by atoms with Crippen LogP contribution in [0.3, 0.4) is 0 Å². The zero-order chi connectivity index (χ0) is 59.9. The first-order valence-corrected chi connectivity index (χ1v) is 28.8. The third-order valence-electron chi connectivity index (χ3n) is 16.9. The molecule has 0 N–H and O–H groups in total. The maximum Gasteiger partial charge on any atom is 0.727 e. The molecule has 15 heteroatoms. The number of aromatic nitrogens is 4. The number of anilines is 6. The van der Waals surface area contributed by atoms with Crippen LogP contribution in [0.1, 0.15) is 22.3 Å². The maximum absolute atomic E-state index is 17.0. The molecule has 6 heterocycles. The Morgan fingerprint density at radius 2 is 0.865 bits per heavy atom. The number of nitriles is 4. The van der Waals surface area contributed by atoms with Gasteiger partial charge in [-0.25, -0.2) is 4.48 Å². The standard InChI is InChI=1S/C74H42B2FN12/c77-76-85-46-56(40-54(42-79)72(85)83-74-64-20-8-12-52-14-10-22-68(70(52)64)89(74)76)48-25-33-60(34-26-48)87(58-17-5-2-6-18-58)62-37-29-50(30-38-62)66(44-81)65(43-80)49-27-35-61(36-28-49)86(57-15-3-1-4-16-57)59-31-23-47(24-32-59)55-39-53(41-78)71-82-73-63-19-7-11-51-13-9-21-67(69(51)63)88(73)75-84(71)45-55/h1-40,45-46H/q+2/b66-65+. The quantitative estimate of drug-likeness (QED) is 0.0758. The molecule has 1 radical (unpaired) electrons. The van der Waals surface area contributed by atoms with Crippen LogP contribution < -0.4 is 29.7 Å². The maximum atomic E-state index is 17.0. The average molecular weight is 1140 g/mol. The topological polar surface area (TPSA) is 144 Å². The zero-order valence-electron chi connectivity index (χ0n) is 47.1. The number of benzene rings is 10. The molecule has 10 aromatic carbocycles. The van der Waals surface area contributed by atoms with Crippen LogP contribution in [0.25, 0.3) is 76.8 Å². The molecule has 0 saturated carbocycles. The fourth-order valence-corrected chi connectivity index (χ4v) is 12.8. The SMILES string of the molecule is N#C/C(=C(/C#N)c1ccc(N(c2ccccc2)c2ccc(-c3cc(C#N)c4[n+](c3)B(F)n3c(c5cccc6cccc3c65)=N4)cc2)cc1)c1ccc(N(c2ccccc2)c2ccc(-c3cc(C#N)c4[n+](c3)[B]n3c(c5cccc6cccc3c65)=N4)cc2)cc1. The molecule has 2 aliphatic heterocycles. The molecule has 0 spiro atoms. The number of rotatable bonds is 10. The van der Waals surface area contributed by atoms with Gasteiger partial charge in [0.1, 0.15) is 35.4 Å². The van der Waals surface area contributed by atoms with Gasteiger partial charge in [-0.1, -0.05) is 133 Å². The zero-order valence-corrected chi connectivity index (χ0v) is 47.1. The molecule has 0 fully saturated rings. The summed E-state index contributed by atoms with van der Waals surface area (Å²) in [6.07, 6.45) is 3.73. The van der Waals surface area contributed by atoms with E-state index in [1.165, 1.54) is 4.48 Å². The molecule has 409 valence electrons. The molecule has 2 aliphatic rings. The predicted octanol–water partition coefficient (Wildman–Crippen LogP) is 14.7. The van der Waals surface area contributed by atoms with Crippen molar-refractivity contribution < 1.29 is 13.3 Å². The van der Waals surface area contributed by atoms with Crippen LogP contribution in [0.5, 0.6) is 0 Å². The minimum absolute atomic E-state index is 0.231. The van der Waals surface area contributed by atoms with Gasteiger partial charge in [0.25, 0.3) is 0 Å². The van der Waals surface area contributed by atoms with Gasteiger partial charge in [0.15, 0.2) is 0 Å². The molecule has 0 amide bonds. The second kappa shape index (κ2) is 20.8. The van der Waals surface area contributed by atoms with E-state index in [4.69, 9.17) is 9.98 Å². The Kier molecular flexibility index (Phi) is 12.2. The Balaban J connectivity index is 0.679. The normalized spacial score (nSPS) is 12.3. The third kappa shape index (κ3) is 8.42. The number of hydrogen-bond acceptors (Lipinski definition) is 8. The highest BCUT2D eigenvalue weighted by atomic mass is 19.1. The summed E-state index contributed by atoms with van der Waals surface area (Å²) in [4.78, 5) is 14.2. The minimum atomic E-state index is -1.64. The van der Waals surface area contributed by atoms with E-state index >= 15 is 4.32 Å². The lowest BCUT2D eigenvalue weighted by Crippen LogP contribution is -2.59. The highest BCUT2D eigenvalue weighted by Crippen LogP contribution is 2.40. The molecule has 0 aliphatic carbocycles. The van der Waals surface area contributed by atoms with E-state index in [0.29, 0.717) is 33.6 Å². The number of fused-ring (bicyclic) bond motifs is 8. The number of allylic oxidation sites excluding steroid dienone is 2. The third-order valence-corrected chi connectivity index (χ3v) is 16.9. The summed E-state index contributed by atoms with van der Waals surface area (Å²) in [5.41, 5.74) is 13.8. The van der Waals surface area contributed by atoms with E-state index in [-0.39, 0.29) is 22.5 Å². The summed E-state index contributed by atoms with van der Waals surface area (Å²) in [5.74, 6) is 0.835. The molecule has 0 saturated heterocycles. The lowest BCUT2D eigenvalue weighted by molar-refractivity contribution is -0.535. The molecule has 0 unspecified atom stereocenters. The van der Waals surface area contributed by atoms with Crippen molar-refractivity contribution in [2.45, 2.75) is 0 Å². The summed E-state index contributed by atoms with van der Waals surface area (Å²) in [5, 5.41) is 48.6. The van der Waals surface area contributed by atoms with Crippen LogP contribution in [0.4, 0.5) is 50.1 Å². The van der Waals surface area contributed by atoms with E-state index in [1.54, 1.807) is 16.7 Å². The van der Waals surface area contributed by atoms with Crippen molar-refractivity contribution in [2.24, 2.45) is 9.98 Å². The van der Waals surface area contributed by atoms with Crippen LogP contribution in [0, 0.1) is 45.3 Å². The fraction of sp³-hybridized carbons (Fsp3) is 0. The Morgan fingerprint density at radius 1 is 0.438 bits per heavy atom. The highest BCUT2D eigenvalue weighted by Gasteiger charge is 2.42. The highest BCUT2D eigenvalue weighted by molar-refractivity contribution is 6.42. The predicted molar refractivity (Wildman–Crippen MR) is 347 cm³/mol. The van der Waals surface area contributed by atoms with Crippen LogP contribution in [-0.4, -0.2) is 23.8 Å². The summed E-state index contributed by atoms with van der Waals surface area (Å²) in [6.45, 7) is 0. The molecule has 0 atom stereocenters. The van der Waals surface area contributed by atoms with Crippen molar-refractivity contribution in [1.82, 2.24) is 8.96 Å². The molecular formula is C74H42B2FN12+2. The second-order valence-electron chi connectivity index (χ2n) is 21.9. The lowest BCUT2D eigenvalue weighted by atomic mass is 9.95. The van der Waals surface area contributed by atoms with Crippen molar-refractivity contribution >= 4 is 115 Å². The average Bonchev–Trinajstić information content (AvgIpc) is 1.69. The van der Waals surface area contributed by atoms with Crippen LogP contribution in [0.15, 0.2) is 265 Å². The number of para-hydroxylation sites is 2. The number of halogens is 1. The minimum Gasteiger partial charge on any atom is -0.311 e. The Bertz CT molecular complexity index is 5570. The van der Waals surface area contributed by atoms with E-state index in [1.807, 2.05) is 212 Å². The second-order valence-corrected chi connectivity index (χ2v) is 21.9. The summed E-state index contributed by atoms with van der Waals surface area (Å²) < 4.78 is 24.0. The van der Waals surface area contributed by atoms with Crippen molar-refractivity contribution in [3.05, 3.63) is 288 Å². The molecule has 16 rings (SSSR count). The molecule has 4 aromatic heterocycles. The fourth-order valence-electron chi connectivity index (χ4n) is 12.8. The monoisotopic (exact) mass is 1140 g/mol. The summed E-state index contributed by atoms with van der Waals surface area (Å²) >= 11 is 0. The van der Waals surface area contributed by atoms with Crippen molar-refractivity contribution in [2.75, 3.05) is 9.80 Å². The number of pyridine rings is 2. The van der Waals surface area contributed by atoms with Crippen molar-refractivity contribution in [1.29, 1.82) is 21.0 Å². The van der Waals surface area contributed by atoms with Crippen molar-refractivity contribution in [3.8, 4) is 46.5 Å². The van der Waals surface area contributed by atoms with E-state index in [0.717, 1.165) is 99.7 Å². The summed E-state index contributed by atoms with van der Waals surface area (Å²) in [7, 11) is 0.361. The Hall–Kier alpha value is -12.7. The van der Waals surface area contributed by atoms with Gasteiger partial charge in [-0.3, -0.25) is 13.3 Å². The first kappa shape index (κ1) is 51.9. The molecule has 14 aromatic rings. The van der Waals surface area contributed by atoms with Crippen molar-refractivity contribution in [3.63, 3.8) is 0 Å². The largest absolute Gasteiger partial charge is 0.727 e. The van der Waals surface area contributed by atoms with Gasteiger partial charge in [-0.15, -0.1) is 0 Å². The van der Waals surface area contributed by atoms with E-state index in [2.05, 4.69) is 81.0 Å². The van der Waals surface area contributed by atoms with Gasteiger partial charge in [0, 0.05) is 67.1 Å². The van der Waals surface area contributed by atoms with Gasteiger partial charge in [-0.05, 0) is 152 Å². The van der Waals surface area contributed by atoms with Gasteiger partial charge in [0.05, 0.1) is 34.3 Å². The van der Waals surface area contributed by atoms with Gasteiger partial charge < -0.3 is 14.3 Å². The summed E-state index contributed by atoms with van der Waals surface area (Å²) in [6, 6.07) is 88.5. The van der Waals surface area contributed by atoms with E-state index < -0.39 is 7.26 Å². The number of hydrogen-bond donors (Lipinski definition) is 0. The molecule has 0 bridgehead atoms. The first-order valence-electron chi connectivity index (χ1n) is 28.8. The Labute approximate surface area is 510 Å². The van der Waals surface area contributed by atoms with Gasteiger partial charge >= 0.3 is 26.4 Å². The van der Waals surface area contributed by atoms with Crippen LogP contribution in [0.2, 0.25) is 0 Å². The Morgan fingerprint density at radius 3 is 1.37 bits per heavy atom. The first-order chi connectivity index (χ1) is 43.9. The molecule has 89 heavy (non-hydrogen) atoms. The van der Waals surface area contributed by atoms with Gasteiger partial charge in [0.2, 0.25) is 11.0 Å². The smallest absolute Gasteiger partial charge is 0.311 e. The lowest BCUT2D eigenvalue weighted by Gasteiger charge is -2.26. The van der Waals surface area contributed by atoms with Crippen LogP contribution in [-0.2, 0) is 0 Å². The molecule has 12 nitrogen and oxygen atoms in total.